The largest absolute Gasteiger partial charge is 0.494 e. The maximum Gasteiger partial charge on any atom is 0.268 e. The molecule has 0 aliphatic carbocycles. The van der Waals surface area contributed by atoms with Gasteiger partial charge >= 0.3 is 0 Å². The van der Waals surface area contributed by atoms with Crippen LogP contribution in [0.5, 0.6) is 5.75 Å². The molecule has 0 atom stereocenters. The lowest BCUT2D eigenvalue weighted by Gasteiger charge is -2.13. The van der Waals surface area contributed by atoms with Gasteiger partial charge in [0.15, 0.2) is 0 Å². The SMILES string of the molecule is CCCOc1ccc(C(=O)Nc2cccc3c2C(=O)N(c2ccccc2)C3=O)cc1. The van der Waals surface area contributed by atoms with E-state index in [-0.39, 0.29) is 17.0 Å². The van der Waals surface area contributed by atoms with Crippen LogP contribution in [0.4, 0.5) is 11.4 Å². The van der Waals surface area contributed by atoms with Crippen LogP contribution in [0.15, 0.2) is 72.8 Å². The number of fused-ring (bicyclic) bond motifs is 1. The number of ether oxygens (including phenoxy) is 1. The first-order valence-corrected chi connectivity index (χ1v) is 9.71. The molecule has 3 aromatic rings. The molecule has 1 N–H and O–H groups in total. The Balaban J connectivity index is 1.59. The van der Waals surface area contributed by atoms with Crippen molar-refractivity contribution in [2.24, 2.45) is 0 Å². The van der Waals surface area contributed by atoms with Crippen LogP contribution in [-0.4, -0.2) is 24.3 Å². The third-order valence-electron chi connectivity index (χ3n) is 4.77. The topological polar surface area (TPSA) is 75.7 Å². The smallest absolute Gasteiger partial charge is 0.268 e. The molecule has 4 rings (SSSR count). The zero-order chi connectivity index (χ0) is 21.1. The molecule has 6 nitrogen and oxygen atoms in total. The summed E-state index contributed by atoms with van der Waals surface area (Å²) in [7, 11) is 0. The van der Waals surface area contributed by atoms with Gasteiger partial charge in [-0.05, 0) is 55.0 Å². The number of nitrogens with one attached hydrogen (secondary N) is 1. The van der Waals surface area contributed by atoms with Crippen molar-refractivity contribution in [3.8, 4) is 5.75 Å². The molecule has 0 saturated heterocycles. The molecule has 1 aliphatic heterocycles. The van der Waals surface area contributed by atoms with Gasteiger partial charge in [-0.3, -0.25) is 14.4 Å². The van der Waals surface area contributed by atoms with Crippen molar-refractivity contribution in [1.29, 1.82) is 0 Å². The lowest BCUT2D eigenvalue weighted by molar-refractivity contribution is 0.0926. The Hall–Kier alpha value is -3.93. The number of hydrogen-bond acceptors (Lipinski definition) is 4. The Morgan fingerprint density at radius 3 is 2.33 bits per heavy atom. The van der Waals surface area contributed by atoms with Crippen LogP contribution < -0.4 is 15.0 Å². The summed E-state index contributed by atoms with van der Waals surface area (Å²) < 4.78 is 5.53. The quantitative estimate of drug-likeness (QED) is 0.617. The van der Waals surface area contributed by atoms with Crippen LogP contribution in [0.2, 0.25) is 0 Å². The maximum atomic E-state index is 13.0. The van der Waals surface area contributed by atoms with Crippen LogP contribution in [0.25, 0.3) is 0 Å². The van der Waals surface area contributed by atoms with E-state index in [1.165, 1.54) is 0 Å². The minimum Gasteiger partial charge on any atom is -0.494 e. The van der Waals surface area contributed by atoms with Crippen LogP contribution >= 0.6 is 0 Å². The minimum atomic E-state index is -0.458. The Labute approximate surface area is 174 Å². The number of carbonyl (C=O) groups excluding carboxylic acids is 3. The highest BCUT2D eigenvalue weighted by Gasteiger charge is 2.38. The van der Waals surface area contributed by atoms with E-state index >= 15 is 0 Å². The fourth-order valence-corrected chi connectivity index (χ4v) is 3.32. The molecule has 3 aromatic carbocycles. The highest BCUT2D eigenvalue weighted by molar-refractivity contribution is 6.36. The number of nitrogens with zero attached hydrogens (tertiary/aromatic N) is 1. The van der Waals surface area contributed by atoms with E-state index in [1.807, 2.05) is 13.0 Å². The fraction of sp³-hybridized carbons (Fsp3) is 0.125. The van der Waals surface area contributed by atoms with Gasteiger partial charge in [-0.25, -0.2) is 4.90 Å². The molecule has 6 heteroatoms. The molecule has 1 aliphatic rings. The zero-order valence-electron chi connectivity index (χ0n) is 16.4. The summed E-state index contributed by atoms with van der Waals surface area (Å²) in [6, 6.07) is 20.4. The highest BCUT2D eigenvalue weighted by Crippen LogP contribution is 2.33. The van der Waals surface area contributed by atoms with E-state index in [4.69, 9.17) is 4.74 Å². The fourth-order valence-electron chi connectivity index (χ4n) is 3.32. The van der Waals surface area contributed by atoms with E-state index in [1.54, 1.807) is 66.7 Å². The van der Waals surface area contributed by atoms with Crippen molar-refractivity contribution in [3.05, 3.63) is 89.5 Å². The molecule has 3 amide bonds. The molecule has 0 spiro atoms. The van der Waals surface area contributed by atoms with Gasteiger partial charge in [0.25, 0.3) is 17.7 Å². The van der Waals surface area contributed by atoms with Crippen LogP contribution in [0.1, 0.15) is 44.4 Å². The Kier molecular flexibility index (Phi) is 5.30. The van der Waals surface area contributed by atoms with Gasteiger partial charge in [0, 0.05) is 5.56 Å². The van der Waals surface area contributed by atoms with E-state index in [9.17, 15) is 14.4 Å². The van der Waals surface area contributed by atoms with Gasteiger partial charge in [0.2, 0.25) is 0 Å². The molecule has 0 radical (unpaired) electrons. The molecule has 30 heavy (non-hydrogen) atoms. The number of anilines is 2. The van der Waals surface area contributed by atoms with E-state index in [0.29, 0.717) is 29.3 Å². The monoisotopic (exact) mass is 400 g/mol. The first kappa shape index (κ1) is 19.4. The summed E-state index contributed by atoms with van der Waals surface area (Å²) in [4.78, 5) is 39.7. The van der Waals surface area contributed by atoms with Crippen molar-refractivity contribution in [2.75, 3.05) is 16.8 Å². The summed E-state index contributed by atoms with van der Waals surface area (Å²) >= 11 is 0. The molecule has 0 unspecified atom stereocenters. The third-order valence-corrected chi connectivity index (χ3v) is 4.77. The summed E-state index contributed by atoms with van der Waals surface area (Å²) in [6.07, 6.45) is 0.897. The van der Waals surface area contributed by atoms with E-state index in [0.717, 1.165) is 11.3 Å². The average Bonchev–Trinajstić information content (AvgIpc) is 3.04. The maximum absolute atomic E-state index is 13.0. The number of rotatable bonds is 6. The normalized spacial score (nSPS) is 12.6. The highest BCUT2D eigenvalue weighted by atomic mass is 16.5. The number of imide groups is 1. The average molecular weight is 400 g/mol. The molecule has 0 fully saturated rings. The van der Waals surface area contributed by atoms with Gasteiger partial charge < -0.3 is 10.1 Å². The number of carbonyl (C=O) groups is 3. The predicted octanol–water partition coefficient (Wildman–Crippen LogP) is 4.53. The van der Waals surface area contributed by atoms with Crippen LogP contribution in [0.3, 0.4) is 0 Å². The van der Waals surface area contributed by atoms with Crippen molar-refractivity contribution >= 4 is 29.1 Å². The summed E-state index contributed by atoms with van der Waals surface area (Å²) in [6.45, 7) is 2.63. The van der Waals surface area contributed by atoms with E-state index < -0.39 is 11.8 Å². The van der Waals surface area contributed by atoms with Gasteiger partial charge in [-0.1, -0.05) is 31.2 Å². The minimum absolute atomic E-state index is 0.197. The standard InChI is InChI=1S/C24H20N2O4/c1-2-15-30-18-13-11-16(12-14-18)22(27)25-20-10-6-9-19-21(20)24(29)26(23(19)28)17-7-4-3-5-8-17/h3-14H,2,15H2,1H3,(H,25,27). The number of hydrogen-bond donors (Lipinski definition) is 1. The second-order valence-corrected chi connectivity index (χ2v) is 6.84. The van der Waals surface area contributed by atoms with Gasteiger partial charge in [-0.15, -0.1) is 0 Å². The van der Waals surface area contributed by atoms with Crippen molar-refractivity contribution in [1.82, 2.24) is 0 Å². The number of amides is 3. The first-order valence-electron chi connectivity index (χ1n) is 9.71. The van der Waals surface area contributed by atoms with Gasteiger partial charge in [0.05, 0.1) is 29.1 Å². The van der Waals surface area contributed by atoms with Gasteiger partial charge in [-0.2, -0.15) is 0 Å². The van der Waals surface area contributed by atoms with Crippen LogP contribution in [-0.2, 0) is 0 Å². The Morgan fingerprint density at radius 1 is 0.900 bits per heavy atom. The molecule has 150 valence electrons. The summed E-state index contributed by atoms with van der Waals surface area (Å²) in [5.74, 6) is -0.549. The summed E-state index contributed by atoms with van der Waals surface area (Å²) in [5.41, 5.74) is 1.69. The first-order chi connectivity index (χ1) is 14.6. The number of para-hydroxylation sites is 1. The predicted molar refractivity (Wildman–Crippen MR) is 114 cm³/mol. The molecule has 0 bridgehead atoms. The lowest BCUT2D eigenvalue weighted by Crippen LogP contribution is -2.29. The van der Waals surface area contributed by atoms with E-state index in [2.05, 4.69) is 5.32 Å². The zero-order valence-corrected chi connectivity index (χ0v) is 16.4. The Bertz CT molecular complexity index is 1110. The molecular weight excluding hydrogens is 380 g/mol. The molecule has 1 heterocycles. The molecule has 0 aromatic heterocycles. The van der Waals surface area contributed by atoms with Gasteiger partial charge in [0.1, 0.15) is 5.75 Å². The summed E-state index contributed by atoms with van der Waals surface area (Å²) in [5, 5.41) is 2.76. The van der Waals surface area contributed by atoms with Crippen LogP contribution in [0, 0.1) is 0 Å². The second-order valence-electron chi connectivity index (χ2n) is 6.84. The van der Waals surface area contributed by atoms with Crippen molar-refractivity contribution in [2.45, 2.75) is 13.3 Å². The third kappa shape index (κ3) is 3.55. The lowest BCUT2D eigenvalue weighted by atomic mass is 10.1. The van der Waals surface area contributed by atoms with Crippen molar-refractivity contribution in [3.63, 3.8) is 0 Å². The molecule has 0 saturated carbocycles. The number of benzene rings is 3. The van der Waals surface area contributed by atoms with Crippen molar-refractivity contribution < 1.29 is 19.1 Å². The molecular formula is C24H20N2O4. The Morgan fingerprint density at radius 2 is 1.63 bits per heavy atom. The second kappa shape index (κ2) is 8.21.